The van der Waals surface area contributed by atoms with Crippen molar-refractivity contribution in [3.05, 3.63) is 35.9 Å². The van der Waals surface area contributed by atoms with Crippen molar-refractivity contribution in [2.75, 3.05) is 13.1 Å². The van der Waals surface area contributed by atoms with E-state index in [1.165, 1.54) is 0 Å². The Hall–Kier alpha value is -4.89. The number of carbonyl (C=O) groups is 5. The van der Waals surface area contributed by atoms with Gasteiger partial charge in [-0.15, -0.1) is 0 Å². The van der Waals surface area contributed by atoms with Crippen molar-refractivity contribution in [3.63, 3.8) is 0 Å². The Balaban J connectivity index is 2.97. The van der Waals surface area contributed by atoms with Gasteiger partial charge in [0.2, 0.25) is 11.8 Å². The summed E-state index contributed by atoms with van der Waals surface area (Å²) < 4.78 is 0. The van der Waals surface area contributed by atoms with E-state index in [1.54, 1.807) is 44.2 Å². The number of urea groups is 1. The minimum Gasteiger partial charge on any atom is -0.480 e. The number of carboxylic acid groups (broad SMARTS) is 1. The second-order valence-electron chi connectivity index (χ2n) is 10.1. The number of carboxylic acids is 1. The number of rotatable bonds is 19. The normalized spacial score (nSPS) is 13.4. The molecule has 0 fully saturated rings. The maximum absolute atomic E-state index is 13.3. The lowest BCUT2D eigenvalue weighted by molar-refractivity contribution is -0.139. The number of aliphatic imine (C=N–C) groups is 2. The summed E-state index contributed by atoms with van der Waals surface area (Å²) in [5, 5.41) is 19.7. The van der Waals surface area contributed by atoms with E-state index in [-0.39, 0.29) is 50.7 Å². The van der Waals surface area contributed by atoms with Crippen LogP contribution in [0.1, 0.15) is 45.1 Å². The zero-order valence-corrected chi connectivity index (χ0v) is 24.5. The van der Waals surface area contributed by atoms with Gasteiger partial charge in [-0.2, -0.15) is 0 Å². The van der Waals surface area contributed by atoms with Crippen molar-refractivity contribution in [2.45, 2.75) is 70.1 Å². The number of nitrogens with one attached hydrogen (secondary N) is 4. The lowest BCUT2D eigenvalue weighted by atomic mass is 10.0. The van der Waals surface area contributed by atoms with E-state index in [1.807, 2.05) is 0 Å². The van der Waals surface area contributed by atoms with Crippen LogP contribution in [0.3, 0.4) is 0 Å². The first-order valence-electron chi connectivity index (χ1n) is 13.8. The number of benzene rings is 1. The molecule has 238 valence electrons. The third-order valence-electron chi connectivity index (χ3n) is 6.16. The van der Waals surface area contributed by atoms with E-state index in [2.05, 4.69) is 31.3 Å². The molecule has 4 amide bonds. The third-order valence-corrected chi connectivity index (χ3v) is 6.16. The van der Waals surface area contributed by atoms with Crippen LogP contribution in [0.2, 0.25) is 0 Å². The maximum Gasteiger partial charge on any atom is 0.326 e. The van der Waals surface area contributed by atoms with Crippen LogP contribution < -0.4 is 44.2 Å². The van der Waals surface area contributed by atoms with E-state index in [0.717, 1.165) is 0 Å². The first-order valence-corrected chi connectivity index (χ1v) is 13.8. The minimum atomic E-state index is -1.27. The molecular weight excluding hydrogens is 560 g/mol. The van der Waals surface area contributed by atoms with Gasteiger partial charge in [-0.3, -0.25) is 19.6 Å². The highest BCUT2D eigenvalue weighted by atomic mass is 16.4. The molecule has 3 unspecified atom stereocenters. The summed E-state index contributed by atoms with van der Waals surface area (Å²) in [7, 11) is 0. The van der Waals surface area contributed by atoms with Crippen LogP contribution in [0.15, 0.2) is 40.3 Å². The Labute approximate surface area is 250 Å². The molecule has 1 aromatic rings. The fourth-order valence-corrected chi connectivity index (χ4v) is 3.94. The highest BCUT2D eigenvalue weighted by molar-refractivity contribution is 5.93. The van der Waals surface area contributed by atoms with Gasteiger partial charge in [-0.1, -0.05) is 44.2 Å². The largest absolute Gasteiger partial charge is 0.480 e. The van der Waals surface area contributed by atoms with Crippen molar-refractivity contribution in [1.82, 2.24) is 21.3 Å². The second kappa shape index (κ2) is 19.3. The van der Waals surface area contributed by atoms with Gasteiger partial charge in [-0.25, -0.2) is 9.59 Å². The Morgan fingerprint density at radius 1 is 0.814 bits per heavy atom. The third kappa shape index (κ3) is 15.1. The van der Waals surface area contributed by atoms with Crippen molar-refractivity contribution < 1.29 is 29.1 Å². The predicted molar refractivity (Wildman–Crippen MR) is 162 cm³/mol. The number of hydrogen-bond acceptors (Lipinski definition) is 7. The van der Waals surface area contributed by atoms with Crippen molar-refractivity contribution in [2.24, 2.45) is 38.8 Å². The molecule has 0 aliphatic heterocycles. The first kappa shape index (κ1) is 36.1. The number of nitrogens with zero attached hydrogens (tertiary/aromatic N) is 2. The van der Waals surface area contributed by atoms with Crippen LogP contribution in [0.25, 0.3) is 0 Å². The van der Waals surface area contributed by atoms with Crippen LogP contribution in [0.4, 0.5) is 4.79 Å². The molecule has 0 aliphatic rings. The van der Waals surface area contributed by atoms with E-state index in [0.29, 0.717) is 18.3 Å². The summed E-state index contributed by atoms with van der Waals surface area (Å²) in [4.78, 5) is 70.3. The molecule has 4 atom stereocenters. The Kier molecular flexibility index (Phi) is 16.2. The minimum absolute atomic E-state index is 0.0183. The second-order valence-corrected chi connectivity index (χ2v) is 10.1. The van der Waals surface area contributed by atoms with Crippen LogP contribution in [-0.2, 0) is 25.6 Å². The number of carbonyl (C=O) groups excluding carboxylic acids is 4. The van der Waals surface area contributed by atoms with Gasteiger partial charge < -0.3 is 54.1 Å². The fraction of sp³-hybridized carbons (Fsp3) is 0.519. The Morgan fingerprint density at radius 3 is 1.88 bits per heavy atom. The highest BCUT2D eigenvalue weighted by Gasteiger charge is 2.30. The Morgan fingerprint density at radius 2 is 1.37 bits per heavy atom. The first-order chi connectivity index (χ1) is 20.3. The number of hydrogen-bond donors (Lipinski definition) is 9. The molecule has 0 radical (unpaired) electrons. The molecule has 1 aromatic carbocycles. The molecule has 16 nitrogen and oxygen atoms in total. The summed E-state index contributed by atoms with van der Waals surface area (Å²) in [6.07, 6.45) is 1.65. The number of guanidine groups is 2. The molecule has 13 N–H and O–H groups in total. The lowest BCUT2D eigenvalue weighted by Gasteiger charge is -2.27. The fourth-order valence-electron chi connectivity index (χ4n) is 3.94. The average molecular weight is 605 g/mol. The molecule has 0 bridgehead atoms. The van der Waals surface area contributed by atoms with Crippen LogP contribution >= 0.6 is 0 Å². The summed E-state index contributed by atoms with van der Waals surface area (Å²) in [6, 6.07) is 3.51. The summed E-state index contributed by atoms with van der Waals surface area (Å²) in [5.74, 6) is -3.17. The van der Waals surface area contributed by atoms with Crippen LogP contribution in [-0.4, -0.2) is 84.4 Å². The molecule has 0 aromatic heterocycles. The topological polar surface area (TPSA) is 282 Å². The highest BCUT2D eigenvalue weighted by Crippen LogP contribution is 2.08. The zero-order chi connectivity index (χ0) is 32.4. The zero-order valence-electron chi connectivity index (χ0n) is 24.5. The number of amides is 4. The van der Waals surface area contributed by atoms with Crippen LogP contribution in [0, 0.1) is 5.92 Å². The van der Waals surface area contributed by atoms with Crippen molar-refractivity contribution in [3.8, 4) is 0 Å². The molecule has 1 rings (SSSR count). The van der Waals surface area contributed by atoms with Gasteiger partial charge in [0, 0.05) is 19.5 Å². The molecule has 0 spiro atoms. The summed E-state index contributed by atoms with van der Waals surface area (Å²) in [5.41, 5.74) is 22.0. The number of aliphatic carboxylic acids is 1. The molecule has 0 saturated carbocycles. The van der Waals surface area contributed by atoms with Crippen molar-refractivity contribution >= 4 is 42.0 Å². The molecule has 43 heavy (non-hydrogen) atoms. The number of nitrogens with two attached hydrogens (primary N) is 4. The van der Waals surface area contributed by atoms with Gasteiger partial charge in [-0.05, 0) is 37.2 Å². The van der Waals surface area contributed by atoms with E-state index in [4.69, 9.17) is 22.9 Å². The molecule has 0 aliphatic carbocycles. The number of aldehydes is 1. The van der Waals surface area contributed by atoms with E-state index < -0.39 is 53.9 Å². The smallest absolute Gasteiger partial charge is 0.326 e. The maximum atomic E-state index is 13.3. The molecule has 0 saturated heterocycles. The van der Waals surface area contributed by atoms with Gasteiger partial charge >= 0.3 is 12.0 Å². The van der Waals surface area contributed by atoms with E-state index in [9.17, 15) is 29.1 Å². The van der Waals surface area contributed by atoms with Gasteiger partial charge in [0.15, 0.2) is 11.9 Å². The van der Waals surface area contributed by atoms with Gasteiger partial charge in [0.25, 0.3) is 0 Å². The van der Waals surface area contributed by atoms with Crippen molar-refractivity contribution in [1.29, 1.82) is 0 Å². The molecule has 0 heterocycles. The SMILES string of the molecule is CC(C)[C@H](NC(=O)C(CCCN=C(N)N)NC(=O)NC(Cc1ccccc1)C(=O)O)C(=O)NC(C=O)CCCN=C(N)N. The Bertz CT molecular complexity index is 1120. The van der Waals surface area contributed by atoms with Crippen LogP contribution in [0.5, 0.6) is 0 Å². The summed E-state index contributed by atoms with van der Waals surface area (Å²) in [6.45, 7) is 3.84. The summed E-state index contributed by atoms with van der Waals surface area (Å²) >= 11 is 0. The quantitative estimate of drug-likeness (QED) is 0.0372. The van der Waals surface area contributed by atoms with Gasteiger partial charge in [0.1, 0.15) is 24.4 Å². The standard InChI is InChI=1S/C27H44N10O6/c1-16(2)21(23(40)34-18(15-38)10-6-12-32-25(28)29)37-22(39)19(11-7-13-33-26(30)31)35-27(43)36-20(24(41)42)14-17-8-4-3-5-9-17/h3-5,8-9,15-16,18-21H,6-7,10-14H2,1-2H3,(H,34,40)(H,37,39)(H,41,42)(H4,28,29,32)(H4,30,31,33)(H2,35,36,43)/t18?,19?,20?,21-/m0/s1. The van der Waals surface area contributed by atoms with Gasteiger partial charge in [0.05, 0.1) is 6.04 Å². The monoisotopic (exact) mass is 604 g/mol. The predicted octanol–water partition coefficient (Wildman–Crippen LogP) is -1.72. The lowest BCUT2D eigenvalue weighted by Crippen LogP contribution is -2.58. The molecular formula is C27H44N10O6. The molecule has 16 heteroatoms. The van der Waals surface area contributed by atoms with E-state index >= 15 is 0 Å². The average Bonchev–Trinajstić information content (AvgIpc) is 2.94.